The summed E-state index contributed by atoms with van der Waals surface area (Å²) in [6.07, 6.45) is 0. The fraction of sp³-hybridized carbons (Fsp3) is 0.316. The number of carbonyl (C=O) groups excluding carboxylic acids is 1. The highest BCUT2D eigenvalue weighted by molar-refractivity contribution is 6.35. The van der Waals surface area contributed by atoms with Gasteiger partial charge in [0.15, 0.2) is 12.1 Å². The van der Waals surface area contributed by atoms with Gasteiger partial charge in [0.05, 0.1) is 14.1 Å². The summed E-state index contributed by atoms with van der Waals surface area (Å²) in [5, 5.41) is 5.93. The molecule has 0 radical (unpaired) electrons. The summed E-state index contributed by atoms with van der Waals surface area (Å²) in [6, 6.07) is 15.5. The zero-order valence-corrected chi connectivity index (χ0v) is 16.2. The Kier molecular flexibility index (Phi) is 7.26. The Hall–Kier alpha value is -1.59. The normalized spacial score (nSPS) is 13.5. The zero-order chi connectivity index (χ0) is 18.4. The summed E-state index contributed by atoms with van der Waals surface area (Å²) in [4.78, 5) is 13.7. The van der Waals surface area contributed by atoms with Gasteiger partial charge in [-0.3, -0.25) is 4.79 Å². The van der Waals surface area contributed by atoms with Gasteiger partial charge in [-0.1, -0.05) is 53.5 Å². The highest BCUT2D eigenvalue weighted by atomic mass is 35.5. The van der Waals surface area contributed by atoms with Crippen molar-refractivity contribution in [3.05, 3.63) is 64.1 Å². The van der Waals surface area contributed by atoms with Crippen molar-refractivity contribution in [2.45, 2.75) is 19.0 Å². The molecule has 134 valence electrons. The molecule has 4 nitrogen and oxygen atoms in total. The largest absolute Gasteiger partial charge is 0.331 e. The van der Waals surface area contributed by atoms with Crippen LogP contribution in [0.1, 0.15) is 18.5 Å². The van der Waals surface area contributed by atoms with Gasteiger partial charge in [-0.25, -0.2) is 0 Å². The minimum Gasteiger partial charge on any atom is -0.331 e. The predicted octanol–water partition coefficient (Wildman–Crippen LogP) is 1.77. The Labute approximate surface area is 159 Å². The molecule has 2 aromatic carbocycles. The van der Waals surface area contributed by atoms with Gasteiger partial charge in [-0.2, -0.15) is 0 Å². The van der Waals surface area contributed by atoms with Crippen molar-refractivity contribution in [2.24, 2.45) is 0 Å². The van der Waals surface area contributed by atoms with Gasteiger partial charge in [0.2, 0.25) is 0 Å². The number of carbonyl (C=O) groups is 1. The van der Waals surface area contributed by atoms with Crippen LogP contribution >= 0.6 is 23.2 Å². The SMILES string of the molecule is C[C@@H]([NH2+]C[C@H](c1ccccc1)[NH+](C)C)C(=O)Nc1cc(Cl)cc(Cl)c1. The lowest BCUT2D eigenvalue weighted by Crippen LogP contribution is -3.10. The third kappa shape index (κ3) is 6.01. The molecule has 2 atom stereocenters. The average Bonchev–Trinajstić information content (AvgIpc) is 2.54. The van der Waals surface area contributed by atoms with Crippen LogP contribution in [-0.2, 0) is 4.79 Å². The molecule has 0 aromatic heterocycles. The lowest BCUT2D eigenvalue weighted by Gasteiger charge is -2.22. The van der Waals surface area contributed by atoms with Crippen molar-refractivity contribution in [3.63, 3.8) is 0 Å². The maximum atomic E-state index is 12.4. The Morgan fingerprint density at radius 2 is 1.72 bits per heavy atom. The summed E-state index contributed by atoms with van der Waals surface area (Å²) in [7, 11) is 4.26. The first kappa shape index (κ1) is 19.7. The molecule has 4 N–H and O–H groups in total. The number of benzene rings is 2. The van der Waals surface area contributed by atoms with Gasteiger partial charge in [0, 0.05) is 21.3 Å². The summed E-state index contributed by atoms with van der Waals surface area (Å²) >= 11 is 11.9. The number of rotatable bonds is 7. The second kappa shape index (κ2) is 9.20. The monoisotopic (exact) mass is 381 g/mol. The molecular weight excluding hydrogens is 357 g/mol. The molecule has 0 unspecified atom stereocenters. The zero-order valence-electron chi connectivity index (χ0n) is 14.7. The van der Waals surface area contributed by atoms with Crippen molar-refractivity contribution in [2.75, 3.05) is 26.0 Å². The third-order valence-corrected chi connectivity index (χ3v) is 4.60. The summed E-state index contributed by atoms with van der Waals surface area (Å²) in [5.41, 5.74) is 1.88. The number of amides is 1. The second-order valence-electron chi connectivity index (χ2n) is 6.45. The molecule has 0 aliphatic rings. The fourth-order valence-corrected chi connectivity index (χ4v) is 3.25. The maximum Gasteiger partial charge on any atom is 0.282 e. The van der Waals surface area contributed by atoms with Crippen LogP contribution < -0.4 is 15.5 Å². The van der Waals surface area contributed by atoms with E-state index in [1.807, 2.05) is 25.1 Å². The van der Waals surface area contributed by atoms with Crippen molar-refractivity contribution in [1.29, 1.82) is 0 Å². The Balaban J connectivity index is 1.95. The van der Waals surface area contributed by atoms with Gasteiger partial charge in [0.1, 0.15) is 6.54 Å². The van der Waals surface area contributed by atoms with Crippen molar-refractivity contribution in [3.8, 4) is 0 Å². The van der Waals surface area contributed by atoms with Gasteiger partial charge in [0.25, 0.3) is 5.91 Å². The first-order chi connectivity index (χ1) is 11.9. The predicted molar refractivity (Wildman–Crippen MR) is 103 cm³/mol. The summed E-state index contributed by atoms with van der Waals surface area (Å²) in [6.45, 7) is 2.71. The van der Waals surface area contributed by atoms with Crippen LogP contribution in [0.15, 0.2) is 48.5 Å². The number of nitrogens with two attached hydrogens (primary N) is 1. The van der Waals surface area contributed by atoms with E-state index in [0.717, 1.165) is 6.54 Å². The number of hydrogen-bond donors (Lipinski definition) is 3. The first-order valence-corrected chi connectivity index (χ1v) is 9.07. The molecule has 1 amide bonds. The van der Waals surface area contributed by atoms with E-state index in [2.05, 4.69) is 36.9 Å². The molecule has 0 heterocycles. The number of nitrogens with one attached hydrogen (secondary N) is 2. The molecule has 0 aliphatic carbocycles. The molecular formula is C19H25Cl2N3O+2. The van der Waals surface area contributed by atoms with Gasteiger partial charge in [-0.15, -0.1) is 0 Å². The van der Waals surface area contributed by atoms with Gasteiger partial charge >= 0.3 is 0 Å². The number of halogens is 2. The Morgan fingerprint density at radius 1 is 1.12 bits per heavy atom. The maximum absolute atomic E-state index is 12.4. The van der Waals surface area contributed by atoms with Crippen LogP contribution in [0.5, 0.6) is 0 Å². The Morgan fingerprint density at radius 3 is 2.28 bits per heavy atom. The quantitative estimate of drug-likeness (QED) is 0.672. The van der Waals surface area contributed by atoms with Crippen LogP contribution in [0.3, 0.4) is 0 Å². The molecule has 0 saturated carbocycles. The van der Waals surface area contributed by atoms with E-state index in [4.69, 9.17) is 23.2 Å². The second-order valence-corrected chi connectivity index (χ2v) is 7.32. The van der Waals surface area contributed by atoms with E-state index in [1.54, 1.807) is 18.2 Å². The molecule has 0 spiro atoms. The molecule has 0 fully saturated rings. The third-order valence-electron chi connectivity index (χ3n) is 4.17. The van der Waals surface area contributed by atoms with E-state index in [9.17, 15) is 4.79 Å². The highest BCUT2D eigenvalue weighted by Gasteiger charge is 2.23. The first-order valence-electron chi connectivity index (χ1n) is 8.32. The molecule has 0 bridgehead atoms. The van der Waals surface area contributed by atoms with Crippen LogP contribution in [0.2, 0.25) is 10.0 Å². The summed E-state index contributed by atoms with van der Waals surface area (Å²) in [5.74, 6) is -0.0705. The smallest absolute Gasteiger partial charge is 0.282 e. The van der Waals surface area contributed by atoms with Crippen molar-refractivity contribution < 1.29 is 15.0 Å². The molecule has 0 aliphatic heterocycles. The van der Waals surface area contributed by atoms with E-state index in [0.29, 0.717) is 21.8 Å². The van der Waals surface area contributed by atoms with E-state index < -0.39 is 0 Å². The number of likely N-dealkylation sites (N-methyl/N-ethyl adjacent to an activating group) is 1. The van der Waals surface area contributed by atoms with Crippen LogP contribution in [0, 0.1) is 0 Å². The minimum atomic E-state index is -0.219. The minimum absolute atomic E-state index is 0.0705. The van der Waals surface area contributed by atoms with Gasteiger partial charge < -0.3 is 15.5 Å². The van der Waals surface area contributed by atoms with Gasteiger partial charge in [-0.05, 0) is 25.1 Å². The topological polar surface area (TPSA) is 50.2 Å². The van der Waals surface area contributed by atoms with Crippen molar-refractivity contribution in [1.82, 2.24) is 0 Å². The fourth-order valence-electron chi connectivity index (χ4n) is 2.72. The van der Waals surface area contributed by atoms with E-state index in [-0.39, 0.29) is 11.9 Å². The van der Waals surface area contributed by atoms with E-state index >= 15 is 0 Å². The molecule has 0 saturated heterocycles. The van der Waals surface area contributed by atoms with Crippen molar-refractivity contribution >= 4 is 34.8 Å². The number of anilines is 1. The highest BCUT2D eigenvalue weighted by Crippen LogP contribution is 2.22. The van der Waals surface area contributed by atoms with Crippen LogP contribution in [0.4, 0.5) is 5.69 Å². The van der Waals surface area contributed by atoms with E-state index in [1.165, 1.54) is 10.5 Å². The molecule has 25 heavy (non-hydrogen) atoms. The Bertz CT molecular complexity index is 687. The standard InChI is InChI=1S/C19H23Cl2N3O/c1-13(19(25)23-17-10-15(20)9-16(21)11-17)22-12-18(24(2)3)14-7-5-4-6-8-14/h4-11,13,18,22H,12H2,1-3H3,(H,23,25)/p+2/t13-,18-/m1/s1. The van der Waals surface area contributed by atoms with Crippen LogP contribution in [-0.4, -0.2) is 32.6 Å². The lowest BCUT2D eigenvalue weighted by atomic mass is 10.1. The summed E-state index contributed by atoms with van der Waals surface area (Å²) < 4.78 is 0. The number of hydrogen-bond acceptors (Lipinski definition) is 1. The lowest BCUT2D eigenvalue weighted by molar-refractivity contribution is -0.910. The molecule has 6 heteroatoms. The average molecular weight is 382 g/mol. The number of quaternary nitrogens is 2. The van der Waals surface area contributed by atoms with Crippen LogP contribution in [0.25, 0.3) is 0 Å². The molecule has 2 aromatic rings. The molecule has 2 rings (SSSR count).